The van der Waals surface area contributed by atoms with Crippen LogP contribution in [0.3, 0.4) is 0 Å². The second-order valence-electron chi connectivity index (χ2n) is 3.23. The van der Waals surface area contributed by atoms with Gasteiger partial charge in [-0.15, -0.1) is 0 Å². The van der Waals surface area contributed by atoms with E-state index in [9.17, 15) is 9.00 Å². The second kappa shape index (κ2) is 5.86. The average molecular weight is 261 g/mol. The van der Waals surface area contributed by atoms with Crippen molar-refractivity contribution in [1.82, 2.24) is 5.32 Å². The molecule has 1 rings (SSSR count). The van der Waals surface area contributed by atoms with E-state index in [2.05, 4.69) is 5.32 Å². The van der Waals surface area contributed by atoms with Crippen LogP contribution in [0.5, 0.6) is 0 Å². The standard InChI is InChI=1S/C10H13ClN2O2S/c1-16(15)6-5-13-10(14)7-3-2-4-8(11)9(7)12/h2-4H,5-6,12H2,1H3,(H,13,14). The van der Waals surface area contributed by atoms with Crippen molar-refractivity contribution < 1.29 is 9.00 Å². The average Bonchev–Trinajstić information content (AvgIpc) is 2.21. The highest BCUT2D eigenvalue weighted by atomic mass is 35.5. The van der Waals surface area contributed by atoms with Gasteiger partial charge in [-0.3, -0.25) is 9.00 Å². The fourth-order valence-electron chi connectivity index (χ4n) is 1.14. The number of nitrogens with two attached hydrogens (primary N) is 1. The van der Waals surface area contributed by atoms with Crippen LogP contribution in [0.2, 0.25) is 5.02 Å². The number of nitrogen functional groups attached to an aromatic ring is 1. The fraction of sp³-hybridized carbons (Fsp3) is 0.300. The van der Waals surface area contributed by atoms with Gasteiger partial charge in [0.15, 0.2) is 0 Å². The van der Waals surface area contributed by atoms with Crippen molar-refractivity contribution in [2.75, 3.05) is 24.3 Å². The summed E-state index contributed by atoms with van der Waals surface area (Å²) in [7, 11) is -0.920. The first-order valence-corrected chi connectivity index (χ1v) is 6.75. The van der Waals surface area contributed by atoms with Crippen LogP contribution in [0.1, 0.15) is 10.4 Å². The summed E-state index contributed by atoms with van der Waals surface area (Å²) < 4.78 is 10.8. The van der Waals surface area contributed by atoms with Crippen LogP contribution in [-0.4, -0.2) is 28.7 Å². The van der Waals surface area contributed by atoms with Gasteiger partial charge in [-0.05, 0) is 12.1 Å². The third-order valence-electron chi connectivity index (χ3n) is 1.97. The van der Waals surface area contributed by atoms with Crippen molar-refractivity contribution in [1.29, 1.82) is 0 Å². The van der Waals surface area contributed by atoms with E-state index < -0.39 is 10.8 Å². The zero-order valence-electron chi connectivity index (χ0n) is 8.83. The Morgan fingerprint density at radius 2 is 2.25 bits per heavy atom. The quantitative estimate of drug-likeness (QED) is 0.795. The third-order valence-corrected chi connectivity index (χ3v) is 3.08. The van der Waals surface area contributed by atoms with Crippen molar-refractivity contribution >= 4 is 34.0 Å². The lowest BCUT2D eigenvalue weighted by molar-refractivity contribution is 0.0957. The number of anilines is 1. The summed E-state index contributed by atoms with van der Waals surface area (Å²) in [6.07, 6.45) is 1.58. The highest BCUT2D eigenvalue weighted by molar-refractivity contribution is 7.84. The topological polar surface area (TPSA) is 72.2 Å². The Morgan fingerprint density at radius 3 is 2.88 bits per heavy atom. The van der Waals surface area contributed by atoms with Crippen molar-refractivity contribution in [3.8, 4) is 0 Å². The Morgan fingerprint density at radius 1 is 1.56 bits per heavy atom. The van der Waals surface area contributed by atoms with Crippen LogP contribution in [-0.2, 0) is 10.8 Å². The molecule has 0 aliphatic rings. The lowest BCUT2D eigenvalue weighted by Crippen LogP contribution is -2.28. The van der Waals surface area contributed by atoms with Gasteiger partial charge in [0.1, 0.15) is 0 Å². The molecule has 0 aromatic heterocycles. The maximum atomic E-state index is 11.7. The Kier molecular flexibility index (Phi) is 4.76. The van der Waals surface area contributed by atoms with Crippen LogP contribution in [0.4, 0.5) is 5.69 Å². The lowest BCUT2D eigenvalue weighted by atomic mass is 10.1. The largest absolute Gasteiger partial charge is 0.397 e. The predicted molar refractivity (Wildman–Crippen MR) is 67.1 cm³/mol. The minimum Gasteiger partial charge on any atom is -0.397 e. The lowest BCUT2D eigenvalue weighted by Gasteiger charge is -2.07. The van der Waals surface area contributed by atoms with Crippen molar-refractivity contribution in [2.24, 2.45) is 0 Å². The van der Waals surface area contributed by atoms with E-state index in [0.717, 1.165) is 0 Å². The first-order chi connectivity index (χ1) is 7.52. The molecule has 0 bridgehead atoms. The van der Waals surface area contributed by atoms with Crippen LogP contribution in [0.25, 0.3) is 0 Å². The zero-order valence-corrected chi connectivity index (χ0v) is 10.4. The number of carbonyl (C=O) groups excluding carboxylic acids is 1. The van der Waals surface area contributed by atoms with Crippen molar-refractivity contribution in [2.45, 2.75) is 0 Å². The molecule has 1 aromatic rings. The molecule has 0 aliphatic heterocycles. The molecule has 3 N–H and O–H groups in total. The molecular weight excluding hydrogens is 248 g/mol. The Balaban J connectivity index is 2.66. The molecule has 0 heterocycles. The first-order valence-electron chi connectivity index (χ1n) is 4.64. The summed E-state index contributed by atoms with van der Waals surface area (Å²) in [5, 5.41) is 2.98. The SMILES string of the molecule is CS(=O)CCNC(=O)c1cccc(Cl)c1N. The normalized spacial score (nSPS) is 12.1. The molecule has 0 spiro atoms. The zero-order chi connectivity index (χ0) is 12.1. The van der Waals surface area contributed by atoms with Crippen molar-refractivity contribution in [3.63, 3.8) is 0 Å². The van der Waals surface area contributed by atoms with Gasteiger partial charge in [0.25, 0.3) is 5.91 Å². The van der Waals surface area contributed by atoms with E-state index in [1.54, 1.807) is 24.5 Å². The van der Waals surface area contributed by atoms with E-state index >= 15 is 0 Å². The molecule has 0 fully saturated rings. The molecule has 4 nitrogen and oxygen atoms in total. The summed E-state index contributed by atoms with van der Waals surface area (Å²) in [6.45, 7) is 0.355. The number of amides is 1. The van der Waals surface area contributed by atoms with E-state index in [1.165, 1.54) is 0 Å². The Labute approximate surface area is 102 Å². The molecule has 16 heavy (non-hydrogen) atoms. The number of carbonyl (C=O) groups is 1. The van der Waals surface area contributed by atoms with Crippen molar-refractivity contribution in [3.05, 3.63) is 28.8 Å². The van der Waals surface area contributed by atoms with Gasteiger partial charge in [-0.1, -0.05) is 17.7 Å². The summed E-state index contributed by atoms with van der Waals surface area (Å²) >= 11 is 5.79. The monoisotopic (exact) mass is 260 g/mol. The van der Waals surface area contributed by atoms with Gasteiger partial charge in [0, 0.05) is 29.4 Å². The van der Waals surface area contributed by atoms with Crippen LogP contribution in [0.15, 0.2) is 18.2 Å². The number of nitrogens with one attached hydrogen (secondary N) is 1. The third kappa shape index (κ3) is 3.50. The fourth-order valence-corrected chi connectivity index (χ4v) is 1.70. The Hall–Kier alpha value is -1.07. The molecule has 0 radical (unpaired) electrons. The van der Waals surface area contributed by atoms with E-state index in [0.29, 0.717) is 22.9 Å². The molecule has 88 valence electrons. The number of halogens is 1. The van der Waals surface area contributed by atoms with Crippen LogP contribution >= 0.6 is 11.6 Å². The van der Waals surface area contributed by atoms with Crippen LogP contribution in [0, 0.1) is 0 Å². The number of rotatable bonds is 4. The van der Waals surface area contributed by atoms with Crippen LogP contribution < -0.4 is 11.1 Å². The predicted octanol–water partition coefficient (Wildman–Crippen LogP) is 1.03. The summed E-state index contributed by atoms with van der Waals surface area (Å²) in [5.74, 6) is 0.122. The number of hydrogen-bond donors (Lipinski definition) is 2. The van der Waals surface area contributed by atoms with Gasteiger partial charge in [0.05, 0.1) is 16.3 Å². The Bertz CT molecular complexity index is 423. The summed E-state index contributed by atoms with van der Waals surface area (Å²) in [6, 6.07) is 4.87. The van der Waals surface area contributed by atoms with Gasteiger partial charge in [0.2, 0.25) is 0 Å². The highest BCUT2D eigenvalue weighted by Gasteiger charge is 2.10. The molecular formula is C10H13ClN2O2S. The number of hydrogen-bond acceptors (Lipinski definition) is 3. The van der Waals surface area contributed by atoms with Gasteiger partial charge in [-0.25, -0.2) is 0 Å². The molecule has 0 saturated carbocycles. The molecule has 1 amide bonds. The maximum absolute atomic E-state index is 11.7. The molecule has 1 unspecified atom stereocenters. The van der Waals surface area contributed by atoms with E-state index in [-0.39, 0.29) is 11.6 Å². The van der Waals surface area contributed by atoms with E-state index in [4.69, 9.17) is 17.3 Å². The molecule has 1 atom stereocenters. The summed E-state index contributed by atoms with van der Waals surface area (Å²) in [4.78, 5) is 11.7. The van der Waals surface area contributed by atoms with E-state index in [1.807, 2.05) is 0 Å². The van der Waals surface area contributed by atoms with Gasteiger partial charge >= 0.3 is 0 Å². The van der Waals surface area contributed by atoms with Gasteiger partial charge in [-0.2, -0.15) is 0 Å². The summed E-state index contributed by atoms with van der Waals surface area (Å²) in [5.41, 5.74) is 6.27. The van der Waals surface area contributed by atoms with Gasteiger partial charge < -0.3 is 11.1 Å². The minimum atomic E-state index is -0.920. The number of para-hydroxylation sites is 1. The number of benzene rings is 1. The molecule has 0 saturated heterocycles. The smallest absolute Gasteiger partial charge is 0.253 e. The minimum absolute atomic E-state index is 0.263. The second-order valence-corrected chi connectivity index (χ2v) is 5.20. The molecule has 0 aliphatic carbocycles. The molecule has 1 aromatic carbocycles. The molecule has 6 heteroatoms. The first kappa shape index (κ1) is 13.0. The highest BCUT2D eigenvalue weighted by Crippen LogP contribution is 2.21. The maximum Gasteiger partial charge on any atom is 0.253 e.